The summed E-state index contributed by atoms with van der Waals surface area (Å²) in [6.07, 6.45) is 0.726. The van der Waals surface area contributed by atoms with Crippen molar-refractivity contribution in [3.8, 4) is 0 Å². The Labute approximate surface area is 143 Å². The van der Waals surface area contributed by atoms with Crippen molar-refractivity contribution in [3.63, 3.8) is 0 Å². The maximum absolute atomic E-state index is 12.6. The molecule has 3 N–H and O–H groups in total. The van der Waals surface area contributed by atoms with Crippen molar-refractivity contribution in [1.82, 2.24) is 5.53 Å². The van der Waals surface area contributed by atoms with Gasteiger partial charge in [-0.1, -0.05) is 0 Å². The van der Waals surface area contributed by atoms with Gasteiger partial charge in [-0.25, -0.2) is 0 Å². The molecule has 0 fully saturated rings. The molecule has 1 aliphatic carbocycles. The number of Topliss-reactive ketones (excluding diaryl/α,β-unsaturated/α-hetero) is 2. The van der Waals surface area contributed by atoms with E-state index in [-0.39, 0.29) is 44.3 Å². The van der Waals surface area contributed by atoms with Crippen molar-refractivity contribution in [3.05, 3.63) is 29.7 Å². The Bertz CT molecular complexity index is 615. The minimum atomic E-state index is -0.978. The molecule has 2 aliphatic rings. The number of rotatable bonds is 2. The molecule has 0 aromatic heterocycles. The largest absolute Gasteiger partial charge is 0.342 e. The van der Waals surface area contributed by atoms with Crippen molar-refractivity contribution in [2.24, 2.45) is 5.41 Å². The van der Waals surface area contributed by atoms with Crippen molar-refractivity contribution in [1.29, 1.82) is 0 Å². The minimum Gasteiger partial charge on any atom is -0.342 e. The second kappa shape index (κ2) is 5.21. The minimum absolute atomic E-state index is 0. The van der Waals surface area contributed by atoms with Gasteiger partial charge in [-0.3, -0.25) is 9.59 Å². The van der Waals surface area contributed by atoms with Crippen LogP contribution in [0.1, 0.15) is 34.8 Å². The summed E-state index contributed by atoms with van der Waals surface area (Å²) < 4.78 is 0. The first-order valence-electron chi connectivity index (χ1n) is 6.30. The van der Waals surface area contributed by atoms with Crippen LogP contribution >= 0.6 is 0 Å². The number of anilines is 2. The van der Waals surface area contributed by atoms with Gasteiger partial charge in [0.2, 0.25) is 0 Å². The van der Waals surface area contributed by atoms with Gasteiger partial charge in [0.1, 0.15) is 5.78 Å². The Hall–Kier alpha value is -0.776. The van der Waals surface area contributed by atoms with E-state index in [0.29, 0.717) is 18.4 Å². The molecule has 0 saturated heterocycles. The normalized spacial score (nSPS) is 22.4. The number of hydrogen-bond donors (Lipinski definition) is 3. The Kier molecular flexibility index (Phi) is 4.06. The molecule has 20 heavy (non-hydrogen) atoms. The van der Waals surface area contributed by atoms with Gasteiger partial charge < -0.3 is 17.8 Å². The van der Waals surface area contributed by atoms with E-state index < -0.39 is 5.41 Å². The van der Waals surface area contributed by atoms with E-state index >= 15 is 0 Å². The Morgan fingerprint density at radius 1 is 1.40 bits per heavy atom. The first-order valence-corrected chi connectivity index (χ1v) is 6.30. The number of carbonyl (C=O) groups is 2. The van der Waals surface area contributed by atoms with Crippen molar-refractivity contribution in [2.45, 2.75) is 26.7 Å². The summed E-state index contributed by atoms with van der Waals surface area (Å²) in [5.41, 5.74) is 12.2. The van der Waals surface area contributed by atoms with Crippen molar-refractivity contribution in [2.75, 3.05) is 10.9 Å². The van der Waals surface area contributed by atoms with E-state index in [1.165, 1.54) is 6.92 Å². The number of benzene rings is 1. The van der Waals surface area contributed by atoms with E-state index in [1.54, 1.807) is 0 Å². The van der Waals surface area contributed by atoms with Crippen molar-refractivity contribution < 1.29 is 42.3 Å². The molecule has 1 aromatic carbocycles. The molecule has 1 aliphatic heterocycles. The van der Waals surface area contributed by atoms with Crippen molar-refractivity contribution >= 4 is 22.9 Å². The van der Waals surface area contributed by atoms with E-state index in [1.807, 2.05) is 13.0 Å². The third kappa shape index (κ3) is 1.87. The molecule has 1 heterocycles. The smallest absolute Gasteiger partial charge is 0.174 e. The zero-order valence-corrected chi connectivity index (χ0v) is 14.4. The summed E-state index contributed by atoms with van der Waals surface area (Å²) in [7, 11) is 0. The molecule has 0 spiro atoms. The van der Waals surface area contributed by atoms with Crippen LogP contribution in [0.3, 0.4) is 0 Å². The zero-order chi connectivity index (χ0) is 13.8. The maximum atomic E-state index is 12.6. The molecular formula is C14H16N3O2Y-. The van der Waals surface area contributed by atoms with Crippen LogP contribution in [0, 0.1) is 19.3 Å². The molecule has 5 nitrogen and oxygen atoms in total. The summed E-state index contributed by atoms with van der Waals surface area (Å²) in [5, 5.41) is 0. The second-order valence-corrected chi connectivity index (χ2v) is 5.24. The first kappa shape index (κ1) is 15.6. The number of ketones is 2. The average Bonchev–Trinajstić information content (AvgIpc) is 2.95. The number of carbonyl (C=O) groups excluding carboxylic acids is 2. The summed E-state index contributed by atoms with van der Waals surface area (Å²) in [6, 6.07) is 1.86. The van der Waals surface area contributed by atoms with E-state index in [2.05, 4.69) is 23.3 Å². The number of nitrogens with one attached hydrogen (secondary N) is 3. The standard InChI is InChI=1S/C14H16N3O2.Y/c1-4-14(8(3)18)6-10-9(13(14)19)5-7(2)11-12(10)16-17-15-11;/h5,15-17H,1,4,6H2,2-3H3;/q-1;. The van der Waals surface area contributed by atoms with Gasteiger partial charge >= 0.3 is 0 Å². The maximum Gasteiger partial charge on any atom is 0.174 e. The van der Waals surface area contributed by atoms with Crippen LogP contribution in [0.4, 0.5) is 11.4 Å². The molecule has 0 saturated carbocycles. The topological polar surface area (TPSA) is 70.2 Å². The molecule has 1 unspecified atom stereocenters. The summed E-state index contributed by atoms with van der Waals surface area (Å²) >= 11 is 0. The predicted molar refractivity (Wildman–Crippen MR) is 72.7 cm³/mol. The van der Waals surface area contributed by atoms with E-state index in [9.17, 15) is 9.59 Å². The summed E-state index contributed by atoms with van der Waals surface area (Å²) in [5.74, 6) is -0.196. The quantitative estimate of drug-likeness (QED) is 0.562. The molecule has 1 atom stereocenters. The predicted octanol–water partition coefficient (Wildman–Crippen LogP) is 1.79. The van der Waals surface area contributed by atoms with Crippen LogP contribution in [0.15, 0.2) is 6.07 Å². The zero-order valence-electron chi connectivity index (χ0n) is 11.6. The molecule has 0 bridgehead atoms. The van der Waals surface area contributed by atoms with Gasteiger partial charge in [-0.05, 0) is 37.5 Å². The van der Waals surface area contributed by atoms with Crippen LogP contribution in [0.5, 0.6) is 0 Å². The fourth-order valence-corrected chi connectivity index (χ4v) is 3.00. The van der Waals surface area contributed by atoms with Gasteiger partial charge in [-0.2, -0.15) is 6.42 Å². The number of aryl methyl sites for hydroxylation is 1. The van der Waals surface area contributed by atoms with Gasteiger partial charge in [0.25, 0.3) is 0 Å². The van der Waals surface area contributed by atoms with Gasteiger partial charge in [0, 0.05) is 38.3 Å². The Morgan fingerprint density at radius 2 is 2.05 bits per heavy atom. The molecule has 6 heteroatoms. The van der Waals surface area contributed by atoms with Crippen LogP contribution in [0.25, 0.3) is 0 Å². The van der Waals surface area contributed by atoms with E-state index in [0.717, 1.165) is 22.5 Å². The third-order valence-electron chi connectivity index (χ3n) is 4.27. The molecule has 1 aromatic rings. The van der Waals surface area contributed by atoms with Crippen LogP contribution < -0.4 is 16.4 Å². The first-order chi connectivity index (χ1) is 9.01. The summed E-state index contributed by atoms with van der Waals surface area (Å²) in [4.78, 5) is 24.6. The van der Waals surface area contributed by atoms with Gasteiger partial charge in [-0.15, -0.1) is 5.53 Å². The summed E-state index contributed by atoms with van der Waals surface area (Å²) in [6.45, 7) is 7.23. The van der Waals surface area contributed by atoms with Gasteiger partial charge in [0.15, 0.2) is 5.78 Å². The Morgan fingerprint density at radius 3 is 2.65 bits per heavy atom. The fourth-order valence-electron chi connectivity index (χ4n) is 3.00. The number of hydrazine groups is 2. The average molecular weight is 347 g/mol. The van der Waals surface area contributed by atoms with Crippen LogP contribution in [0.2, 0.25) is 0 Å². The second-order valence-electron chi connectivity index (χ2n) is 5.24. The SMILES string of the molecule is [CH2-]CC1(C(C)=O)Cc2c(cc(C)c3c2NNN3)C1=O.[Y]. The number of fused-ring (bicyclic) bond motifs is 3. The van der Waals surface area contributed by atoms with Crippen LogP contribution in [-0.4, -0.2) is 11.6 Å². The molecule has 103 valence electrons. The third-order valence-corrected chi connectivity index (χ3v) is 4.27. The van der Waals surface area contributed by atoms with E-state index in [4.69, 9.17) is 0 Å². The van der Waals surface area contributed by atoms with Gasteiger partial charge in [0.05, 0.1) is 16.8 Å². The Balaban J connectivity index is 0.00000147. The molecule has 3 rings (SSSR count). The monoisotopic (exact) mass is 347 g/mol. The molecule has 0 amide bonds. The molecule has 1 radical (unpaired) electrons. The number of hydrogen-bond acceptors (Lipinski definition) is 5. The fraction of sp³-hybridized carbons (Fsp3) is 0.357. The van der Waals surface area contributed by atoms with Crippen LogP contribution in [-0.2, 0) is 43.9 Å². The molecular weight excluding hydrogens is 331 g/mol.